The van der Waals surface area contributed by atoms with Crippen molar-refractivity contribution in [2.75, 3.05) is 26.7 Å². The summed E-state index contributed by atoms with van der Waals surface area (Å²) in [5.41, 5.74) is -0.461. The van der Waals surface area contributed by atoms with Gasteiger partial charge in [-0.3, -0.25) is 9.59 Å². The van der Waals surface area contributed by atoms with Crippen molar-refractivity contribution in [1.29, 1.82) is 0 Å². The molecule has 0 saturated carbocycles. The van der Waals surface area contributed by atoms with E-state index >= 15 is 0 Å². The summed E-state index contributed by atoms with van der Waals surface area (Å²) in [5.74, 6) is -0.789. The highest BCUT2D eigenvalue weighted by atomic mass is 35.5. The molecule has 0 spiro atoms. The number of carbonyl (C=O) groups excluding carboxylic acids is 2. The molecule has 12 heteroatoms. The Morgan fingerprint density at radius 3 is 2.62 bits per heavy atom. The molecule has 34 heavy (non-hydrogen) atoms. The summed E-state index contributed by atoms with van der Waals surface area (Å²) in [6.07, 6.45) is -3.08. The van der Waals surface area contributed by atoms with Gasteiger partial charge in [0.25, 0.3) is 5.91 Å². The van der Waals surface area contributed by atoms with Crippen molar-refractivity contribution in [3.8, 4) is 17.2 Å². The maximum absolute atomic E-state index is 13.4. The summed E-state index contributed by atoms with van der Waals surface area (Å²) in [5, 5.41) is 3.08. The van der Waals surface area contributed by atoms with E-state index in [4.69, 9.17) is 21.1 Å². The normalized spacial score (nSPS) is 17.6. The largest absolute Gasteiger partial charge is 0.493 e. The van der Waals surface area contributed by atoms with Crippen LogP contribution >= 0.6 is 23.4 Å². The number of alkyl halides is 3. The summed E-state index contributed by atoms with van der Waals surface area (Å²) in [4.78, 5) is 30.0. The summed E-state index contributed by atoms with van der Waals surface area (Å²) < 4.78 is 50.9. The molecular formula is C22H17ClF3N3O4S. The number of nitrogens with zero attached hydrogens (tertiary/aromatic N) is 2. The maximum atomic E-state index is 13.4. The van der Waals surface area contributed by atoms with Crippen LogP contribution in [0.1, 0.15) is 11.1 Å². The minimum Gasteiger partial charge on any atom is -0.493 e. The number of nitrogens with one attached hydrogen (secondary N) is 1. The molecule has 2 heterocycles. The Labute approximate surface area is 201 Å². The van der Waals surface area contributed by atoms with Gasteiger partial charge in [0, 0.05) is 18.1 Å². The van der Waals surface area contributed by atoms with Crippen molar-refractivity contribution in [3.63, 3.8) is 0 Å². The van der Waals surface area contributed by atoms with Crippen LogP contribution in [0.3, 0.4) is 0 Å². The first-order chi connectivity index (χ1) is 16.1. The average Bonchev–Trinajstić information content (AvgIpc) is 3.15. The predicted molar refractivity (Wildman–Crippen MR) is 122 cm³/mol. The first-order valence-corrected chi connectivity index (χ1v) is 11.1. The second-order valence-electron chi connectivity index (χ2n) is 7.23. The second kappa shape index (κ2) is 9.59. The van der Waals surface area contributed by atoms with Crippen molar-refractivity contribution >= 4 is 46.4 Å². The van der Waals surface area contributed by atoms with E-state index in [-0.39, 0.29) is 29.0 Å². The molecular weight excluding hydrogens is 495 g/mol. The molecule has 0 radical (unpaired) electrons. The Balaban J connectivity index is 1.55. The molecule has 178 valence electrons. The standard InChI is InChI=1S/C22H17ClF3N3O4S/c1-32-17-8-12(9-18-20(31)28-21(34-18)29-7-6-27-19(30)11-29)2-4-16(17)33-15-5-3-13(23)10-14(15)22(24,25)26/h2-5,8-10H,6-7,11H2,1H3,(H,27,30)/b18-9+. The molecule has 2 aliphatic heterocycles. The van der Waals surface area contributed by atoms with Crippen molar-refractivity contribution < 1.29 is 32.2 Å². The van der Waals surface area contributed by atoms with Crippen molar-refractivity contribution in [3.05, 3.63) is 57.5 Å². The van der Waals surface area contributed by atoms with Crippen LogP contribution in [0.25, 0.3) is 6.08 Å². The lowest BCUT2D eigenvalue weighted by molar-refractivity contribution is -0.138. The molecule has 0 bridgehead atoms. The topological polar surface area (TPSA) is 80.2 Å². The maximum Gasteiger partial charge on any atom is 0.420 e. The van der Waals surface area contributed by atoms with E-state index in [1.165, 1.54) is 25.3 Å². The van der Waals surface area contributed by atoms with E-state index < -0.39 is 23.4 Å². The van der Waals surface area contributed by atoms with E-state index in [0.29, 0.717) is 28.7 Å². The van der Waals surface area contributed by atoms with Gasteiger partial charge in [0.1, 0.15) is 5.75 Å². The highest BCUT2D eigenvalue weighted by Gasteiger charge is 2.35. The summed E-state index contributed by atoms with van der Waals surface area (Å²) in [7, 11) is 1.35. The molecule has 1 N–H and O–H groups in total. The highest BCUT2D eigenvalue weighted by Crippen LogP contribution is 2.42. The van der Waals surface area contributed by atoms with E-state index in [9.17, 15) is 22.8 Å². The number of halogens is 4. The number of amides is 2. The molecule has 0 aliphatic carbocycles. The first kappa shape index (κ1) is 24.0. The van der Waals surface area contributed by atoms with Crippen LogP contribution in [0, 0.1) is 0 Å². The van der Waals surface area contributed by atoms with Crippen molar-refractivity contribution in [1.82, 2.24) is 10.2 Å². The number of piperazine rings is 1. The number of ether oxygens (including phenoxy) is 2. The minimum absolute atomic E-state index is 0.0548. The van der Waals surface area contributed by atoms with Gasteiger partial charge in [0.2, 0.25) is 5.91 Å². The number of benzene rings is 2. The predicted octanol–water partition coefficient (Wildman–Crippen LogP) is 4.56. The zero-order chi connectivity index (χ0) is 24.5. The zero-order valence-corrected chi connectivity index (χ0v) is 19.2. The molecule has 7 nitrogen and oxygen atoms in total. The average molecular weight is 512 g/mol. The molecule has 0 aromatic heterocycles. The smallest absolute Gasteiger partial charge is 0.420 e. The molecule has 2 aromatic carbocycles. The third-order valence-corrected chi connectivity index (χ3v) is 6.15. The Morgan fingerprint density at radius 2 is 1.91 bits per heavy atom. The fraction of sp³-hybridized carbons (Fsp3) is 0.227. The monoisotopic (exact) mass is 511 g/mol. The SMILES string of the molecule is COc1cc(/C=C2/SC(N3CCNC(=O)C3)=NC2=O)ccc1Oc1ccc(Cl)cc1C(F)(F)F. The molecule has 4 rings (SSSR count). The van der Waals surface area contributed by atoms with Gasteiger partial charge in [-0.25, -0.2) is 0 Å². The van der Waals surface area contributed by atoms with Gasteiger partial charge in [-0.05, 0) is 53.7 Å². The second-order valence-corrected chi connectivity index (χ2v) is 8.68. The first-order valence-electron chi connectivity index (χ1n) is 9.91. The van der Waals surface area contributed by atoms with Crippen molar-refractivity contribution in [2.24, 2.45) is 4.99 Å². The van der Waals surface area contributed by atoms with E-state index in [1.54, 1.807) is 17.0 Å². The molecule has 2 aliphatic rings. The van der Waals surface area contributed by atoms with Gasteiger partial charge in [-0.1, -0.05) is 17.7 Å². The number of hydrogen-bond donors (Lipinski definition) is 1. The van der Waals surface area contributed by atoms with Crippen LogP contribution in [0.2, 0.25) is 5.02 Å². The number of thioether (sulfide) groups is 1. The van der Waals surface area contributed by atoms with Crippen LogP contribution in [0.15, 0.2) is 46.3 Å². The molecule has 1 saturated heterocycles. The molecule has 0 atom stereocenters. The summed E-state index contributed by atoms with van der Waals surface area (Å²) in [6, 6.07) is 7.77. The van der Waals surface area contributed by atoms with Gasteiger partial charge in [0.15, 0.2) is 16.7 Å². The Kier molecular flexibility index (Phi) is 6.76. The zero-order valence-electron chi connectivity index (χ0n) is 17.6. The number of aliphatic imine (C=N–C) groups is 1. The van der Waals surface area contributed by atoms with Crippen LogP contribution in [-0.2, 0) is 15.8 Å². The summed E-state index contributed by atoms with van der Waals surface area (Å²) in [6.45, 7) is 1.13. The lowest BCUT2D eigenvalue weighted by Gasteiger charge is -2.27. The Hall–Kier alpha value is -3.18. The molecule has 1 fully saturated rings. The quantitative estimate of drug-likeness (QED) is 0.606. The van der Waals surface area contributed by atoms with Gasteiger partial charge < -0.3 is 19.7 Å². The van der Waals surface area contributed by atoms with E-state index in [0.717, 1.165) is 23.9 Å². The molecule has 0 unspecified atom stereocenters. The lowest BCUT2D eigenvalue weighted by Crippen LogP contribution is -2.49. The van der Waals surface area contributed by atoms with Crippen LogP contribution < -0.4 is 14.8 Å². The van der Waals surface area contributed by atoms with Crippen molar-refractivity contribution in [2.45, 2.75) is 6.18 Å². The third-order valence-electron chi connectivity index (χ3n) is 4.87. The van der Waals surface area contributed by atoms with Gasteiger partial charge >= 0.3 is 6.18 Å². The summed E-state index contributed by atoms with van der Waals surface area (Å²) >= 11 is 6.86. The highest BCUT2D eigenvalue weighted by molar-refractivity contribution is 8.18. The fourth-order valence-electron chi connectivity index (χ4n) is 3.28. The lowest BCUT2D eigenvalue weighted by atomic mass is 10.1. The van der Waals surface area contributed by atoms with Gasteiger partial charge in [-0.15, -0.1) is 0 Å². The third kappa shape index (κ3) is 5.31. The number of methoxy groups -OCH3 is 1. The fourth-order valence-corrected chi connectivity index (χ4v) is 4.39. The van der Waals surface area contributed by atoms with E-state index in [1.807, 2.05) is 0 Å². The van der Waals surface area contributed by atoms with Gasteiger partial charge in [-0.2, -0.15) is 18.2 Å². The van der Waals surface area contributed by atoms with E-state index in [2.05, 4.69) is 10.3 Å². The molecule has 2 aromatic rings. The number of amidine groups is 1. The minimum atomic E-state index is -4.66. The van der Waals surface area contributed by atoms with Crippen LogP contribution in [-0.4, -0.2) is 48.6 Å². The van der Waals surface area contributed by atoms with Gasteiger partial charge in [0.05, 0.1) is 24.1 Å². The molecule has 2 amide bonds. The van der Waals surface area contributed by atoms with Crippen LogP contribution in [0.4, 0.5) is 13.2 Å². The van der Waals surface area contributed by atoms with Crippen LogP contribution in [0.5, 0.6) is 17.2 Å². The Morgan fingerprint density at radius 1 is 1.15 bits per heavy atom. The number of carbonyl (C=O) groups is 2. The number of rotatable bonds is 4. The Bertz CT molecular complexity index is 1220. The number of hydrogen-bond acceptors (Lipinski definition) is 6.